The number of methoxy groups -OCH3 is 1. The fraction of sp³-hybridized carbons (Fsp3) is 0.556. The maximum absolute atomic E-state index is 12.6. The number of rotatable bonds is 3. The van der Waals surface area contributed by atoms with Crippen LogP contribution in [0.3, 0.4) is 0 Å². The van der Waals surface area contributed by atoms with Crippen LogP contribution in [0.15, 0.2) is 24.3 Å². The molecular weight excluding hydrogens is 294 g/mol. The van der Waals surface area contributed by atoms with Gasteiger partial charge >= 0.3 is 5.97 Å². The highest BCUT2D eigenvalue weighted by atomic mass is 16.5. The SMILES string of the molecule is COc1ccc(C2CC(C(=O)O)CN(C(=O)C(C)(C)C)C2)cc1. The number of hydrogen-bond donors (Lipinski definition) is 1. The Hall–Kier alpha value is -2.04. The summed E-state index contributed by atoms with van der Waals surface area (Å²) < 4.78 is 5.16. The molecular formula is C18H25NO4. The molecule has 0 spiro atoms. The lowest BCUT2D eigenvalue weighted by Crippen LogP contribution is -2.49. The fourth-order valence-electron chi connectivity index (χ4n) is 3.04. The molecule has 1 aromatic carbocycles. The van der Waals surface area contributed by atoms with Crippen LogP contribution in [-0.2, 0) is 9.59 Å². The van der Waals surface area contributed by atoms with Crippen LogP contribution in [-0.4, -0.2) is 42.1 Å². The number of amides is 1. The minimum atomic E-state index is -0.838. The summed E-state index contributed by atoms with van der Waals surface area (Å²) in [6.45, 7) is 6.44. The first kappa shape index (κ1) is 17.3. The van der Waals surface area contributed by atoms with Gasteiger partial charge in [-0.15, -0.1) is 0 Å². The third-order valence-electron chi connectivity index (χ3n) is 4.32. The summed E-state index contributed by atoms with van der Waals surface area (Å²) in [6, 6.07) is 7.65. The molecule has 1 saturated heterocycles. The van der Waals surface area contributed by atoms with E-state index in [0.29, 0.717) is 13.0 Å². The van der Waals surface area contributed by atoms with Crippen molar-refractivity contribution in [1.82, 2.24) is 4.90 Å². The number of carbonyl (C=O) groups excluding carboxylic acids is 1. The molecule has 2 unspecified atom stereocenters. The molecule has 0 saturated carbocycles. The van der Waals surface area contributed by atoms with E-state index in [1.54, 1.807) is 12.0 Å². The van der Waals surface area contributed by atoms with Gasteiger partial charge in [0.05, 0.1) is 13.0 Å². The summed E-state index contributed by atoms with van der Waals surface area (Å²) in [5.74, 6) is -0.567. The topological polar surface area (TPSA) is 66.8 Å². The Bertz CT molecular complexity index is 574. The molecule has 1 aliphatic heterocycles. The molecule has 0 aromatic heterocycles. The van der Waals surface area contributed by atoms with Crippen LogP contribution < -0.4 is 4.74 Å². The Labute approximate surface area is 137 Å². The molecule has 1 N–H and O–H groups in total. The molecule has 2 atom stereocenters. The van der Waals surface area contributed by atoms with E-state index >= 15 is 0 Å². The lowest BCUT2D eigenvalue weighted by Gasteiger charge is -2.39. The predicted molar refractivity (Wildman–Crippen MR) is 87.5 cm³/mol. The first-order valence-corrected chi connectivity index (χ1v) is 7.88. The van der Waals surface area contributed by atoms with Gasteiger partial charge in [-0.05, 0) is 24.1 Å². The van der Waals surface area contributed by atoms with E-state index in [1.807, 2.05) is 45.0 Å². The van der Waals surface area contributed by atoms with E-state index < -0.39 is 17.3 Å². The van der Waals surface area contributed by atoms with Crippen molar-refractivity contribution in [1.29, 1.82) is 0 Å². The molecule has 5 nitrogen and oxygen atoms in total. The number of nitrogens with zero attached hydrogens (tertiary/aromatic N) is 1. The van der Waals surface area contributed by atoms with E-state index in [2.05, 4.69) is 0 Å². The molecule has 1 aliphatic rings. The van der Waals surface area contributed by atoms with Crippen LogP contribution in [0.4, 0.5) is 0 Å². The van der Waals surface area contributed by atoms with E-state index in [9.17, 15) is 14.7 Å². The Morgan fingerprint density at radius 3 is 2.26 bits per heavy atom. The largest absolute Gasteiger partial charge is 0.497 e. The van der Waals surface area contributed by atoms with Crippen molar-refractivity contribution in [3.63, 3.8) is 0 Å². The lowest BCUT2D eigenvalue weighted by molar-refractivity contribution is -0.149. The number of hydrogen-bond acceptors (Lipinski definition) is 3. The van der Waals surface area contributed by atoms with Gasteiger partial charge in [-0.2, -0.15) is 0 Å². The highest BCUT2D eigenvalue weighted by Crippen LogP contribution is 2.33. The zero-order valence-electron chi connectivity index (χ0n) is 14.2. The van der Waals surface area contributed by atoms with Gasteiger partial charge in [-0.25, -0.2) is 0 Å². The zero-order chi connectivity index (χ0) is 17.2. The number of likely N-dealkylation sites (tertiary alicyclic amines) is 1. The van der Waals surface area contributed by atoms with Crippen LogP contribution >= 0.6 is 0 Å². The molecule has 0 bridgehead atoms. The van der Waals surface area contributed by atoms with Gasteiger partial charge in [0, 0.05) is 24.4 Å². The van der Waals surface area contributed by atoms with Crippen molar-refractivity contribution in [2.24, 2.45) is 11.3 Å². The van der Waals surface area contributed by atoms with Gasteiger partial charge in [0.2, 0.25) is 5.91 Å². The Kier molecular flexibility index (Phi) is 4.97. The van der Waals surface area contributed by atoms with Crippen LogP contribution in [0, 0.1) is 11.3 Å². The second-order valence-electron chi connectivity index (χ2n) is 7.20. The second-order valence-corrected chi connectivity index (χ2v) is 7.20. The van der Waals surface area contributed by atoms with Crippen molar-refractivity contribution in [3.8, 4) is 5.75 Å². The Morgan fingerprint density at radius 1 is 1.17 bits per heavy atom. The molecule has 5 heteroatoms. The minimum Gasteiger partial charge on any atom is -0.497 e. The first-order chi connectivity index (χ1) is 10.7. The van der Waals surface area contributed by atoms with E-state index in [1.165, 1.54) is 0 Å². The molecule has 1 heterocycles. The van der Waals surface area contributed by atoms with Crippen LogP contribution in [0.5, 0.6) is 5.75 Å². The van der Waals surface area contributed by atoms with E-state index in [0.717, 1.165) is 11.3 Å². The number of ether oxygens (including phenoxy) is 1. The van der Waals surface area contributed by atoms with Crippen molar-refractivity contribution >= 4 is 11.9 Å². The zero-order valence-corrected chi connectivity index (χ0v) is 14.2. The third-order valence-corrected chi connectivity index (χ3v) is 4.32. The number of carboxylic acids is 1. The summed E-state index contributed by atoms with van der Waals surface area (Å²) in [5, 5.41) is 9.43. The lowest BCUT2D eigenvalue weighted by atomic mass is 9.83. The van der Waals surface area contributed by atoms with Crippen molar-refractivity contribution < 1.29 is 19.4 Å². The molecule has 1 fully saturated rings. The monoisotopic (exact) mass is 319 g/mol. The maximum atomic E-state index is 12.6. The average Bonchev–Trinajstić information content (AvgIpc) is 2.52. The van der Waals surface area contributed by atoms with Gasteiger partial charge in [-0.1, -0.05) is 32.9 Å². The van der Waals surface area contributed by atoms with E-state index in [-0.39, 0.29) is 18.4 Å². The summed E-state index contributed by atoms with van der Waals surface area (Å²) in [5.41, 5.74) is 0.536. The first-order valence-electron chi connectivity index (χ1n) is 7.88. The smallest absolute Gasteiger partial charge is 0.308 e. The molecule has 126 valence electrons. The molecule has 0 aliphatic carbocycles. The van der Waals surface area contributed by atoms with Gasteiger partial charge in [0.1, 0.15) is 5.75 Å². The second kappa shape index (κ2) is 6.60. The Balaban J connectivity index is 2.24. The van der Waals surface area contributed by atoms with Gasteiger partial charge in [0.25, 0.3) is 0 Å². The van der Waals surface area contributed by atoms with Gasteiger partial charge < -0.3 is 14.7 Å². The Morgan fingerprint density at radius 2 is 1.78 bits per heavy atom. The average molecular weight is 319 g/mol. The fourth-order valence-corrected chi connectivity index (χ4v) is 3.04. The highest BCUT2D eigenvalue weighted by Gasteiger charge is 2.37. The number of carbonyl (C=O) groups is 2. The quantitative estimate of drug-likeness (QED) is 0.930. The molecule has 2 rings (SSSR count). The van der Waals surface area contributed by atoms with Crippen LogP contribution in [0.2, 0.25) is 0 Å². The normalized spacial score (nSPS) is 21.8. The molecule has 0 radical (unpaired) electrons. The number of carboxylic acid groups (broad SMARTS) is 1. The van der Waals surface area contributed by atoms with Crippen molar-refractivity contribution in [2.45, 2.75) is 33.1 Å². The maximum Gasteiger partial charge on any atom is 0.308 e. The van der Waals surface area contributed by atoms with Gasteiger partial charge in [-0.3, -0.25) is 9.59 Å². The summed E-state index contributed by atoms with van der Waals surface area (Å²) in [6.07, 6.45) is 0.551. The minimum absolute atomic E-state index is 0.00182. The van der Waals surface area contributed by atoms with E-state index in [4.69, 9.17) is 4.74 Å². The van der Waals surface area contributed by atoms with Gasteiger partial charge in [0.15, 0.2) is 0 Å². The summed E-state index contributed by atoms with van der Waals surface area (Å²) in [4.78, 5) is 25.8. The van der Waals surface area contributed by atoms with Crippen molar-refractivity contribution in [3.05, 3.63) is 29.8 Å². The third kappa shape index (κ3) is 4.03. The number of aliphatic carboxylic acids is 1. The van der Waals surface area contributed by atoms with Crippen LogP contribution in [0.1, 0.15) is 38.7 Å². The number of piperidine rings is 1. The standard InChI is InChI=1S/C18H25NO4/c1-18(2,3)17(22)19-10-13(9-14(11-19)16(20)21)12-5-7-15(23-4)8-6-12/h5-8,13-14H,9-11H2,1-4H3,(H,20,21). The predicted octanol–water partition coefficient (Wildman–Crippen LogP) is 2.76. The summed E-state index contributed by atoms with van der Waals surface area (Å²) >= 11 is 0. The summed E-state index contributed by atoms with van der Waals surface area (Å²) in [7, 11) is 1.61. The van der Waals surface area contributed by atoms with Crippen molar-refractivity contribution in [2.75, 3.05) is 20.2 Å². The molecule has 1 aromatic rings. The number of benzene rings is 1. The van der Waals surface area contributed by atoms with Crippen LogP contribution in [0.25, 0.3) is 0 Å². The molecule has 1 amide bonds. The molecule has 23 heavy (non-hydrogen) atoms. The highest BCUT2D eigenvalue weighted by molar-refractivity contribution is 5.82.